The number of ether oxygens (including phenoxy) is 2. The Kier molecular flexibility index (Phi) is 4.61. The first kappa shape index (κ1) is 18.2. The number of hydrogen-bond acceptors (Lipinski definition) is 4. The summed E-state index contributed by atoms with van der Waals surface area (Å²) in [6.07, 6.45) is 1.57. The first-order valence-electron chi connectivity index (χ1n) is 8.79. The van der Waals surface area contributed by atoms with Crippen LogP contribution in [0.2, 0.25) is 0 Å². The van der Waals surface area contributed by atoms with Gasteiger partial charge in [-0.2, -0.15) is 0 Å². The van der Waals surface area contributed by atoms with Crippen molar-refractivity contribution in [2.45, 2.75) is 54.4 Å². The summed E-state index contributed by atoms with van der Waals surface area (Å²) in [6.45, 7) is 10.8. The molecule has 0 aliphatic heterocycles. The standard InChI is InChI=1S/C22H24O4/c1-11-7-17-9-18-8-12(2)22(26-16(6)24)14(4)20(18)10-19(17)13(3)21(11)25-15(5)23/h7-8H,9-10H2,1-6H3. The monoisotopic (exact) mass is 352 g/mol. The van der Waals surface area contributed by atoms with Crippen LogP contribution < -0.4 is 9.47 Å². The van der Waals surface area contributed by atoms with Crippen LogP contribution in [0, 0.1) is 27.7 Å². The van der Waals surface area contributed by atoms with Crippen LogP contribution in [0.3, 0.4) is 0 Å². The molecule has 0 radical (unpaired) electrons. The van der Waals surface area contributed by atoms with Gasteiger partial charge in [0.1, 0.15) is 11.5 Å². The van der Waals surface area contributed by atoms with Gasteiger partial charge in [-0.05, 0) is 85.0 Å². The second-order valence-electron chi connectivity index (χ2n) is 7.11. The SMILES string of the molecule is CC(=O)Oc1c(C)cc2c(c1C)Cc1c(cc(C)c(OC(C)=O)c1C)C2. The van der Waals surface area contributed by atoms with Crippen LogP contribution in [-0.2, 0) is 22.4 Å². The zero-order valence-corrected chi connectivity index (χ0v) is 16.2. The largest absolute Gasteiger partial charge is 0.426 e. The topological polar surface area (TPSA) is 52.6 Å². The molecule has 0 saturated heterocycles. The van der Waals surface area contributed by atoms with E-state index in [1.807, 2.05) is 27.7 Å². The highest BCUT2D eigenvalue weighted by Crippen LogP contribution is 2.40. The minimum absolute atomic E-state index is 0.309. The Morgan fingerprint density at radius 1 is 0.731 bits per heavy atom. The van der Waals surface area contributed by atoms with E-state index in [9.17, 15) is 9.59 Å². The summed E-state index contributed by atoms with van der Waals surface area (Å²) >= 11 is 0. The summed E-state index contributed by atoms with van der Waals surface area (Å²) in [6, 6.07) is 4.24. The summed E-state index contributed by atoms with van der Waals surface area (Å²) in [4.78, 5) is 22.9. The van der Waals surface area contributed by atoms with Gasteiger partial charge in [-0.25, -0.2) is 0 Å². The predicted molar refractivity (Wildman–Crippen MR) is 100 cm³/mol. The van der Waals surface area contributed by atoms with E-state index in [-0.39, 0.29) is 11.9 Å². The quantitative estimate of drug-likeness (QED) is 0.511. The smallest absolute Gasteiger partial charge is 0.308 e. The van der Waals surface area contributed by atoms with Gasteiger partial charge in [-0.15, -0.1) is 0 Å². The molecule has 136 valence electrons. The maximum atomic E-state index is 11.5. The minimum atomic E-state index is -0.309. The van der Waals surface area contributed by atoms with Crippen molar-refractivity contribution in [3.63, 3.8) is 0 Å². The first-order chi connectivity index (χ1) is 12.2. The van der Waals surface area contributed by atoms with Crippen molar-refractivity contribution in [3.05, 3.63) is 56.6 Å². The Labute approximate surface area is 154 Å². The van der Waals surface area contributed by atoms with E-state index >= 15 is 0 Å². The number of benzene rings is 2. The molecular formula is C22H24O4. The molecule has 1 aliphatic rings. The van der Waals surface area contributed by atoms with Crippen molar-refractivity contribution in [2.75, 3.05) is 0 Å². The van der Waals surface area contributed by atoms with Gasteiger partial charge in [0, 0.05) is 13.8 Å². The molecule has 4 heteroatoms. The highest BCUT2D eigenvalue weighted by Gasteiger charge is 2.25. The Hall–Kier alpha value is -2.62. The fourth-order valence-electron chi connectivity index (χ4n) is 3.97. The highest BCUT2D eigenvalue weighted by molar-refractivity contribution is 5.72. The number of esters is 2. The van der Waals surface area contributed by atoms with Gasteiger partial charge in [-0.3, -0.25) is 9.59 Å². The molecule has 1 aliphatic carbocycles. The molecule has 0 bridgehead atoms. The van der Waals surface area contributed by atoms with E-state index in [1.54, 1.807) is 0 Å². The zero-order valence-electron chi connectivity index (χ0n) is 16.2. The van der Waals surface area contributed by atoms with Crippen LogP contribution in [-0.4, -0.2) is 11.9 Å². The van der Waals surface area contributed by atoms with Gasteiger partial charge in [-0.1, -0.05) is 12.1 Å². The second kappa shape index (κ2) is 6.60. The molecule has 2 aromatic carbocycles. The van der Waals surface area contributed by atoms with Crippen molar-refractivity contribution < 1.29 is 19.1 Å². The Bertz CT molecular complexity index is 863. The van der Waals surface area contributed by atoms with E-state index < -0.39 is 0 Å². The molecule has 3 rings (SSSR count). The number of hydrogen-bond donors (Lipinski definition) is 0. The number of aryl methyl sites for hydroxylation is 2. The van der Waals surface area contributed by atoms with E-state index in [0.717, 1.165) is 35.1 Å². The summed E-state index contributed by atoms with van der Waals surface area (Å²) in [5.74, 6) is 0.696. The van der Waals surface area contributed by atoms with E-state index in [1.165, 1.54) is 36.1 Å². The lowest BCUT2D eigenvalue weighted by atomic mass is 9.80. The van der Waals surface area contributed by atoms with Crippen LogP contribution >= 0.6 is 0 Å². The van der Waals surface area contributed by atoms with Gasteiger partial charge in [0.2, 0.25) is 0 Å². The van der Waals surface area contributed by atoms with Gasteiger partial charge in [0.25, 0.3) is 0 Å². The second-order valence-corrected chi connectivity index (χ2v) is 7.11. The Morgan fingerprint density at radius 2 is 1.12 bits per heavy atom. The van der Waals surface area contributed by atoms with Crippen LogP contribution in [0.5, 0.6) is 11.5 Å². The lowest BCUT2D eigenvalue weighted by Gasteiger charge is -2.27. The Morgan fingerprint density at radius 3 is 1.46 bits per heavy atom. The Balaban J connectivity index is 2.12. The molecule has 0 saturated carbocycles. The molecule has 2 aromatic rings. The first-order valence-corrected chi connectivity index (χ1v) is 8.79. The molecule has 4 nitrogen and oxygen atoms in total. The summed E-state index contributed by atoms with van der Waals surface area (Å²) < 4.78 is 10.9. The maximum absolute atomic E-state index is 11.5. The molecule has 0 amide bonds. The molecule has 0 spiro atoms. The molecule has 26 heavy (non-hydrogen) atoms. The minimum Gasteiger partial charge on any atom is -0.426 e. The number of carbonyl (C=O) groups is 2. The van der Waals surface area contributed by atoms with Crippen LogP contribution in [0.25, 0.3) is 0 Å². The molecular weight excluding hydrogens is 328 g/mol. The molecule has 0 fully saturated rings. The third-order valence-electron chi connectivity index (χ3n) is 5.09. The fraction of sp³-hybridized carbons (Fsp3) is 0.364. The average molecular weight is 352 g/mol. The van der Waals surface area contributed by atoms with Gasteiger partial charge >= 0.3 is 11.9 Å². The van der Waals surface area contributed by atoms with E-state index in [4.69, 9.17) is 9.47 Å². The number of fused-ring (bicyclic) bond motifs is 2. The molecule has 0 atom stereocenters. The van der Waals surface area contributed by atoms with E-state index in [0.29, 0.717) is 11.5 Å². The number of rotatable bonds is 2. The van der Waals surface area contributed by atoms with Gasteiger partial charge in [0.15, 0.2) is 0 Å². The molecule has 0 heterocycles. The lowest BCUT2D eigenvalue weighted by molar-refractivity contribution is -0.132. The van der Waals surface area contributed by atoms with Crippen molar-refractivity contribution in [1.29, 1.82) is 0 Å². The summed E-state index contributed by atoms with van der Waals surface area (Å²) in [5.41, 5.74) is 8.89. The highest BCUT2D eigenvalue weighted by atomic mass is 16.5. The summed E-state index contributed by atoms with van der Waals surface area (Å²) in [7, 11) is 0. The van der Waals surface area contributed by atoms with Crippen LogP contribution in [0.15, 0.2) is 12.1 Å². The zero-order chi connectivity index (χ0) is 19.2. The lowest BCUT2D eigenvalue weighted by Crippen LogP contribution is -2.15. The third kappa shape index (κ3) is 3.12. The number of carbonyl (C=O) groups excluding carboxylic acids is 2. The molecule has 0 unspecified atom stereocenters. The molecule has 0 N–H and O–H groups in total. The fourth-order valence-corrected chi connectivity index (χ4v) is 3.97. The normalized spacial score (nSPS) is 12.2. The van der Waals surface area contributed by atoms with E-state index in [2.05, 4.69) is 12.1 Å². The van der Waals surface area contributed by atoms with Crippen molar-refractivity contribution >= 4 is 11.9 Å². The average Bonchev–Trinajstić information content (AvgIpc) is 2.54. The van der Waals surface area contributed by atoms with Crippen molar-refractivity contribution in [2.24, 2.45) is 0 Å². The molecule has 0 aromatic heterocycles. The van der Waals surface area contributed by atoms with Crippen LogP contribution in [0.1, 0.15) is 58.4 Å². The van der Waals surface area contributed by atoms with Gasteiger partial charge < -0.3 is 9.47 Å². The van der Waals surface area contributed by atoms with Gasteiger partial charge in [0.05, 0.1) is 0 Å². The maximum Gasteiger partial charge on any atom is 0.308 e. The third-order valence-corrected chi connectivity index (χ3v) is 5.09. The predicted octanol–water partition coefficient (Wildman–Crippen LogP) is 4.27. The summed E-state index contributed by atoms with van der Waals surface area (Å²) in [5, 5.41) is 0. The van der Waals surface area contributed by atoms with Crippen LogP contribution in [0.4, 0.5) is 0 Å². The van der Waals surface area contributed by atoms with Crippen molar-refractivity contribution in [1.82, 2.24) is 0 Å². The van der Waals surface area contributed by atoms with Crippen molar-refractivity contribution in [3.8, 4) is 11.5 Å².